The van der Waals surface area contributed by atoms with Crippen LogP contribution in [0.3, 0.4) is 0 Å². The molecule has 4 heteroatoms. The molecule has 0 aromatic carbocycles. The second-order valence-corrected chi connectivity index (χ2v) is 5.13. The van der Waals surface area contributed by atoms with Crippen LogP contribution in [-0.4, -0.2) is 23.7 Å². The average Bonchev–Trinajstić information content (AvgIpc) is 2.33. The predicted octanol–water partition coefficient (Wildman–Crippen LogP) is 3.25. The van der Waals surface area contributed by atoms with Crippen LogP contribution in [0.5, 0.6) is 0 Å². The first-order valence-corrected chi connectivity index (χ1v) is 6.83. The number of carboxylic acid groups (broad SMARTS) is 1. The van der Waals surface area contributed by atoms with Crippen molar-refractivity contribution in [2.45, 2.75) is 59.3 Å². The van der Waals surface area contributed by atoms with E-state index in [2.05, 4.69) is 20.8 Å². The van der Waals surface area contributed by atoms with Crippen LogP contribution in [0.15, 0.2) is 0 Å². The molecule has 4 nitrogen and oxygen atoms in total. The fourth-order valence-corrected chi connectivity index (χ4v) is 1.62. The predicted molar refractivity (Wildman–Crippen MR) is 70.3 cm³/mol. The van der Waals surface area contributed by atoms with E-state index in [4.69, 9.17) is 9.84 Å². The molecule has 0 amide bonds. The lowest BCUT2D eigenvalue weighted by molar-refractivity contribution is -0.148. The molecule has 2 atom stereocenters. The molecule has 2 unspecified atom stereocenters. The van der Waals surface area contributed by atoms with Gasteiger partial charge in [-0.2, -0.15) is 0 Å². The smallest absolute Gasteiger partial charge is 0.306 e. The van der Waals surface area contributed by atoms with Gasteiger partial charge in [-0.15, -0.1) is 0 Å². The third kappa shape index (κ3) is 10.1. The van der Waals surface area contributed by atoms with E-state index in [0.717, 1.165) is 18.8 Å². The highest BCUT2D eigenvalue weighted by atomic mass is 16.5. The van der Waals surface area contributed by atoms with Crippen molar-refractivity contribution in [3.63, 3.8) is 0 Å². The van der Waals surface area contributed by atoms with Crippen molar-refractivity contribution < 1.29 is 19.4 Å². The summed E-state index contributed by atoms with van der Waals surface area (Å²) in [5, 5.41) is 8.42. The highest BCUT2D eigenvalue weighted by molar-refractivity contribution is 5.76. The second-order valence-electron chi connectivity index (χ2n) is 5.13. The van der Waals surface area contributed by atoms with Crippen LogP contribution in [0.2, 0.25) is 0 Å². The summed E-state index contributed by atoms with van der Waals surface area (Å²) in [6.07, 6.45) is 4.45. The van der Waals surface area contributed by atoms with Gasteiger partial charge in [0.15, 0.2) is 0 Å². The average molecular weight is 258 g/mol. The number of carbonyl (C=O) groups excluding carboxylic acids is 1. The molecule has 0 aliphatic heterocycles. The molecular weight excluding hydrogens is 232 g/mol. The zero-order valence-corrected chi connectivity index (χ0v) is 11.8. The van der Waals surface area contributed by atoms with Crippen molar-refractivity contribution in [2.75, 3.05) is 6.61 Å². The zero-order valence-electron chi connectivity index (χ0n) is 11.8. The van der Waals surface area contributed by atoms with E-state index < -0.39 is 11.9 Å². The van der Waals surface area contributed by atoms with Gasteiger partial charge in [0, 0.05) is 0 Å². The first-order valence-electron chi connectivity index (χ1n) is 6.83. The van der Waals surface area contributed by atoms with Crippen molar-refractivity contribution in [3.8, 4) is 0 Å². The molecule has 106 valence electrons. The number of carboxylic acids is 1. The van der Waals surface area contributed by atoms with E-state index in [0.29, 0.717) is 12.5 Å². The number of rotatable bonds is 10. The summed E-state index contributed by atoms with van der Waals surface area (Å²) in [7, 11) is 0. The Hall–Kier alpha value is -1.06. The van der Waals surface area contributed by atoms with Gasteiger partial charge in [0.2, 0.25) is 0 Å². The Morgan fingerprint density at radius 3 is 2.28 bits per heavy atom. The molecule has 1 N–H and O–H groups in total. The molecule has 0 spiro atoms. The highest BCUT2D eigenvalue weighted by Crippen LogP contribution is 2.15. The summed E-state index contributed by atoms with van der Waals surface area (Å²) in [5.74, 6) is -0.266. The van der Waals surface area contributed by atoms with E-state index in [1.807, 2.05) is 0 Å². The normalized spacial score (nSPS) is 13.9. The van der Waals surface area contributed by atoms with Crippen LogP contribution in [0.25, 0.3) is 0 Å². The maximum atomic E-state index is 11.2. The summed E-state index contributed by atoms with van der Waals surface area (Å²) in [5.41, 5.74) is 0. The van der Waals surface area contributed by atoms with E-state index in [9.17, 15) is 9.59 Å². The molecule has 0 saturated carbocycles. The van der Waals surface area contributed by atoms with Crippen molar-refractivity contribution in [1.82, 2.24) is 0 Å². The van der Waals surface area contributed by atoms with Crippen LogP contribution in [-0.2, 0) is 14.3 Å². The largest absolute Gasteiger partial charge is 0.481 e. The molecule has 0 rings (SSSR count). The maximum Gasteiger partial charge on any atom is 0.306 e. The molecule has 18 heavy (non-hydrogen) atoms. The minimum absolute atomic E-state index is 0.0328. The Labute approximate surface area is 110 Å². The van der Waals surface area contributed by atoms with Gasteiger partial charge in [0.1, 0.15) is 0 Å². The van der Waals surface area contributed by atoms with Crippen molar-refractivity contribution in [1.29, 1.82) is 0 Å². The lowest BCUT2D eigenvalue weighted by atomic mass is 9.97. The summed E-state index contributed by atoms with van der Waals surface area (Å²) in [6.45, 7) is 6.90. The lowest BCUT2D eigenvalue weighted by Gasteiger charge is -2.13. The standard InChI is InChI=1S/C14H26O4/c1-4-11(2)6-5-7-12(3)10-18-14(17)9-8-13(15)16/h11-12H,4-10H2,1-3H3,(H,15,16). The van der Waals surface area contributed by atoms with Crippen molar-refractivity contribution in [2.24, 2.45) is 11.8 Å². The summed E-state index contributed by atoms with van der Waals surface area (Å²) < 4.78 is 5.04. The van der Waals surface area contributed by atoms with Gasteiger partial charge in [-0.1, -0.05) is 40.0 Å². The fraction of sp³-hybridized carbons (Fsp3) is 0.857. The fourth-order valence-electron chi connectivity index (χ4n) is 1.62. The Balaban J connectivity index is 3.54. The SMILES string of the molecule is CCC(C)CCCC(C)COC(=O)CCC(=O)O. The first-order chi connectivity index (χ1) is 8.45. The molecule has 0 bridgehead atoms. The van der Waals surface area contributed by atoms with Gasteiger partial charge in [0.25, 0.3) is 0 Å². The van der Waals surface area contributed by atoms with Crippen LogP contribution in [0.4, 0.5) is 0 Å². The zero-order chi connectivity index (χ0) is 14.0. The minimum Gasteiger partial charge on any atom is -0.481 e. The van der Waals surface area contributed by atoms with E-state index in [1.54, 1.807) is 0 Å². The topological polar surface area (TPSA) is 63.6 Å². The molecular formula is C14H26O4. The maximum absolute atomic E-state index is 11.2. The van der Waals surface area contributed by atoms with Crippen LogP contribution < -0.4 is 0 Å². The summed E-state index contributed by atoms with van der Waals surface area (Å²) in [4.78, 5) is 21.5. The number of esters is 1. The number of carbonyl (C=O) groups is 2. The van der Waals surface area contributed by atoms with E-state index in [-0.39, 0.29) is 12.8 Å². The lowest BCUT2D eigenvalue weighted by Crippen LogP contribution is -2.13. The van der Waals surface area contributed by atoms with Gasteiger partial charge in [-0.25, -0.2) is 0 Å². The Kier molecular flexibility index (Phi) is 9.33. The van der Waals surface area contributed by atoms with Gasteiger partial charge in [-0.05, 0) is 18.3 Å². The van der Waals surface area contributed by atoms with Crippen molar-refractivity contribution >= 4 is 11.9 Å². The summed E-state index contributed by atoms with van der Waals surface area (Å²) in [6, 6.07) is 0. The molecule has 0 aromatic rings. The third-order valence-corrected chi connectivity index (χ3v) is 3.16. The van der Waals surface area contributed by atoms with Crippen LogP contribution in [0.1, 0.15) is 59.3 Å². The highest BCUT2D eigenvalue weighted by Gasteiger charge is 2.09. The third-order valence-electron chi connectivity index (χ3n) is 3.16. The van der Waals surface area contributed by atoms with Gasteiger partial charge in [-0.3, -0.25) is 9.59 Å². The monoisotopic (exact) mass is 258 g/mol. The Bertz CT molecular complexity index is 250. The second kappa shape index (κ2) is 9.92. The van der Waals surface area contributed by atoms with E-state index >= 15 is 0 Å². The Morgan fingerprint density at radius 2 is 1.72 bits per heavy atom. The number of aliphatic carboxylic acids is 1. The number of ether oxygens (including phenoxy) is 1. The molecule has 0 aromatic heterocycles. The molecule has 0 fully saturated rings. The molecule has 0 saturated heterocycles. The first kappa shape index (κ1) is 16.9. The number of hydrogen-bond acceptors (Lipinski definition) is 3. The number of hydrogen-bond donors (Lipinski definition) is 1. The van der Waals surface area contributed by atoms with Gasteiger partial charge in [0.05, 0.1) is 19.4 Å². The molecule has 0 aliphatic carbocycles. The van der Waals surface area contributed by atoms with Gasteiger partial charge < -0.3 is 9.84 Å². The van der Waals surface area contributed by atoms with Crippen molar-refractivity contribution in [3.05, 3.63) is 0 Å². The van der Waals surface area contributed by atoms with E-state index in [1.165, 1.54) is 12.8 Å². The summed E-state index contributed by atoms with van der Waals surface area (Å²) >= 11 is 0. The van der Waals surface area contributed by atoms with Crippen LogP contribution in [0, 0.1) is 11.8 Å². The molecule has 0 radical (unpaired) electrons. The quantitative estimate of drug-likeness (QED) is 0.611. The molecule has 0 aliphatic rings. The molecule has 0 heterocycles. The minimum atomic E-state index is -0.964. The van der Waals surface area contributed by atoms with Gasteiger partial charge >= 0.3 is 11.9 Å². The van der Waals surface area contributed by atoms with Crippen LogP contribution >= 0.6 is 0 Å². The Morgan fingerprint density at radius 1 is 1.11 bits per heavy atom.